The van der Waals surface area contributed by atoms with E-state index < -0.39 is 11.9 Å². The largest absolute Gasteiger partial charge is 0.481 e. The van der Waals surface area contributed by atoms with E-state index in [2.05, 4.69) is 4.90 Å². The molecule has 6 heteroatoms. The SMILES string of the molecule is O=C(CCC(c1ccc(Cl)cc1)N1CCC[C@@H](C(=O)O)C1)c1ccc(F)cc1. The molecule has 1 fully saturated rings. The molecule has 2 aromatic rings. The second-order valence-corrected chi connectivity index (χ2v) is 7.64. The monoisotopic (exact) mass is 403 g/mol. The molecule has 0 spiro atoms. The molecule has 0 radical (unpaired) electrons. The van der Waals surface area contributed by atoms with Crippen LogP contribution in [0, 0.1) is 11.7 Å². The normalized spacial score (nSPS) is 18.6. The first-order chi connectivity index (χ1) is 13.4. The lowest BCUT2D eigenvalue weighted by molar-refractivity contribution is -0.144. The summed E-state index contributed by atoms with van der Waals surface area (Å²) in [4.78, 5) is 26.2. The zero-order chi connectivity index (χ0) is 20.1. The van der Waals surface area contributed by atoms with Crippen LogP contribution in [0.25, 0.3) is 0 Å². The topological polar surface area (TPSA) is 57.6 Å². The number of hydrogen-bond acceptors (Lipinski definition) is 3. The Morgan fingerprint density at radius 3 is 2.46 bits per heavy atom. The number of carbonyl (C=O) groups excluding carboxylic acids is 1. The van der Waals surface area contributed by atoms with Crippen LogP contribution in [0.15, 0.2) is 48.5 Å². The van der Waals surface area contributed by atoms with Gasteiger partial charge in [-0.25, -0.2) is 4.39 Å². The molecule has 148 valence electrons. The third-order valence-electron chi connectivity index (χ3n) is 5.31. The Bertz CT molecular complexity index is 823. The molecule has 3 rings (SSSR count). The van der Waals surface area contributed by atoms with Crippen molar-refractivity contribution >= 4 is 23.4 Å². The maximum atomic E-state index is 13.1. The van der Waals surface area contributed by atoms with Gasteiger partial charge < -0.3 is 5.11 Å². The number of carboxylic acids is 1. The summed E-state index contributed by atoms with van der Waals surface area (Å²) >= 11 is 6.01. The van der Waals surface area contributed by atoms with Gasteiger partial charge in [0, 0.05) is 29.6 Å². The van der Waals surface area contributed by atoms with E-state index in [1.807, 2.05) is 24.3 Å². The van der Waals surface area contributed by atoms with Crippen LogP contribution in [-0.4, -0.2) is 34.8 Å². The molecule has 1 heterocycles. The molecule has 0 aromatic heterocycles. The van der Waals surface area contributed by atoms with E-state index >= 15 is 0 Å². The number of hydrogen-bond donors (Lipinski definition) is 1. The highest BCUT2D eigenvalue weighted by Crippen LogP contribution is 2.31. The summed E-state index contributed by atoms with van der Waals surface area (Å²) in [5.41, 5.74) is 1.50. The standard InChI is InChI=1S/C22H23ClFNO3/c23-18-7-3-15(4-8-18)20(25-13-1-2-17(14-25)22(27)28)11-12-21(26)16-5-9-19(24)10-6-16/h3-10,17,20H,1-2,11-14H2,(H,27,28)/t17-,20?/m1/s1. The van der Waals surface area contributed by atoms with Crippen LogP contribution in [0.3, 0.4) is 0 Å². The number of nitrogens with zero attached hydrogens (tertiary/aromatic N) is 1. The van der Waals surface area contributed by atoms with Crippen molar-refractivity contribution < 1.29 is 19.1 Å². The van der Waals surface area contributed by atoms with E-state index in [4.69, 9.17) is 11.6 Å². The zero-order valence-electron chi connectivity index (χ0n) is 15.5. The van der Waals surface area contributed by atoms with Gasteiger partial charge in [-0.2, -0.15) is 0 Å². The summed E-state index contributed by atoms with van der Waals surface area (Å²) in [6.07, 6.45) is 2.35. The second-order valence-electron chi connectivity index (χ2n) is 7.21. The molecule has 1 aliphatic heterocycles. The van der Waals surface area contributed by atoms with E-state index in [0.717, 1.165) is 18.5 Å². The molecule has 2 aromatic carbocycles. The van der Waals surface area contributed by atoms with E-state index in [-0.39, 0.29) is 17.6 Å². The Labute approximate surface area is 168 Å². The minimum atomic E-state index is -0.776. The number of aliphatic carboxylic acids is 1. The molecule has 4 nitrogen and oxygen atoms in total. The number of ketones is 1. The number of benzene rings is 2. The summed E-state index contributed by atoms with van der Waals surface area (Å²) in [5, 5.41) is 10.0. The highest BCUT2D eigenvalue weighted by atomic mass is 35.5. The van der Waals surface area contributed by atoms with E-state index in [9.17, 15) is 19.1 Å². The highest BCUT2D eigenvalue weighted by Gasteiger charge is 2.30. The van der Waals surface area contributed by atoms with Gasteiger partial charge in [0.1, 0.15) is 5.82 Å². The molecule has 0 saturated carbocycles. The van der Waals surface area contributed by atoms with Crippen LogP contribution in [0.1, 0.15) is 47.6 Å². The lowest BCUT2D eigenvalue weighted by atomic mass is 9.92. The Hall–Kier alpha value is -2.24. The number of carbonyl (C=O) groups is 2. The van der Waals surface area contributed by atoms with Gasteiger partial charge in [-0.15, -0.1) is 0 Å². The fraction of sp³-hybridized carbons (Fsp3) is 0.364. The number of Topliss-reactive ketones (excluding diaryl/α,β-unsaturated/α-hetero) is 1. The van der Waals surface area contributed by atoms with Crippen molar-refractivity contribution in [3.8, 4) is 0 Å². The molecule has 1 N–H and O–H groups in total. The van der Waals surface area contributed by atoms with Gasteiger partial charge in [-0.05, 0) is 67.8 Å². The predicted molar refractivity (Wildman–Crippen MR) is 106 cm³/mol. The van der Waals surface area contributed by atoms with Crippen LogP contribution < -0.4 is 0 Å². The Morgan fingerprint density at radius 1 is 1.14 bits per heavy atom. The second kappa shape index (κ2) is 9.30. The maximum Gasteiger partial charge on any atom is 0.307 e. The van der Waals surface area contributed by atoms with Crippen LogP contribution in [-0.2, 0) is 4.79 Å². The molecule has 0 bridgehead atoms. The number of carboxylic acid groups (broad SMARTS) is 1. The van der Waals surface area contributed by atoms with Crippen LogP contribution in [0.2, 0.25) is 5.02 Å². The van der Waals surface area contributed by atoms with Crippen molar-refractivity contribution in [2.24, 2.45) is 5.92 Å². The lowest BCUT2D eigenvalue weighted by Crippen LogP contribution is -2.41. The van der Waals surface area contributed by atoms with Crippen molar-refractivity contribution in [1.29, 1.82) is 0 Å². The average molecular weight is 404 g/mol. The fourth-order valence-electron chi connectivity index (χ4n) is 3.78. The van der Waals surface area contributed by atoms with Gasteiger partial charge in [-0.1, -0.05) is 23.7 Å². The smallest absolute Gasteiger partial charge is 0.307 e. The first kappa shape index (κ1) is 20.5. The van der Waals surface area contributed by atoms with Crippen LogP contribution in [0.5, 0.6) is 0 Å². The van der Waals surface area contributed by atoms with E-state index in [0.29, 0.717) is 36.4 Å². The minimum Gasteiger partial charge on any atom is -0.481 e. The molecule has 0 aliphatic carbocycles. The minimum absolute atomic E-state index is 0.0502. The van der Waals surface area contributed by atoms with Gasteiger partial charge in [0.2, 0.25) is 0 Å². The van der Waals surface area contributed by atoms with Gasteiger partial charge in [0.15, 0.2) is 5.78 Å². The van der Waals surface area contributed by atoms with Gasteiger partial charge in [0.05, 0.1) is 5.92 Å². The molecule has 28 heavy (non-hydrogen) atoms. The third-order valence-corrected chi connectivity index (χ3v) is 5.56. The van der Waals surface area contributed by atoms with Crippen molar-refractivity contribution in [3.63, 3.8) is 0 Å². The molecule has 1 unspecified atom stereocenters. The Balaban J connectivity index is 1.76. The molecular formula is C22H23ClFNO3. The van der Waals surface area contributed by atoms with Crippen LogP contribution in [0.4, 0.5) is 4.39 Å². The lowest BCUT2D eigenvalue weighted by Gasteiger charge is -2.37. The predicted octanol–water partition coefficient (Wildman–Crippen LogP) is 4.98. The number of halogens is 2. The first-order valence-electron chi connectivity index (χ1n) is 9.45. The number of rotatable bonds is 7. The molecule has 1 saturated heterocycles. The average Bonchev–Trinajstić information content (AvgIpc) is 2.70. The van der Waals surface area contributed by atoms with Gasteiger partial charge in [-0.3, -0.25) is 14.5 Å². The van der Waals surface area contributed by atoms with E-state index in [1.165, 1.54) is 24.3 Å². The summed E-state index contributed by atoms with van der Waals surface area (Å²) in [6.45, 7) is 1.26. The summed E-state index contributed by atoms with van der Waals surface area (Å²) < 4.78 is 13.1. The molecule has 2 atom stereocenters. The highest BCUT2D eigenvalue weighted by molar-refractivity contribution is 6.30. The zero-order valence-corrected chi connectivity index (χ0v) is 16.2. The summed E-state index contributed by atoms with van der Waals surface area (Å²) in [6, 6.07) is 13.0. The van der Waals surface area contributed by atoms with Gasteiger partial charge >= 0.3 is 5.97 Å². The fourth-order valence-corrected chi connectivity index (χ4v) is 3.91. The van der Waals surface area contributed by atoms with Crippen molar-refractivity contribution in [2.45, 2.75) is 31.7 Å². The van der Waals surface area contributed by atoms with Crippen molar-refractivity contribution in [2.75, 3.05) is 13.1 Å². The quantitative estimate of drug-likeness (QED) is 0.662. The number of piperidine rings is 1. The summed E-state index contributed by atoms with van der Waals surface area (Å²) in [7, 11) is 0. The van der Waals surface area contributed by atoms with Crippen molar-refractivity contribution in [1.82, 2.24) is 4.90 Å². The Kier molecular flexibility index (Phi) is 6.81. The molecule has 0 amide bonds. The third kappa shape index (κ3) is 5.18. The number of likely N-dealkylation sites (tertiary alicyclic amines) is 1. The van der Waals surface area contributed by atoms with Crippen molar-refractivity contribution in [3.05, 3.63) is 70.5 Å². The summed E-state index contributed by atoms with van der Waals surface area (Å²) in [5.74, 6) is -1.59. The Morgan fingerprint density at radius 2 is 1.82 bits per heavy atom. The van der Waals surface area contributed by atoms with Gasteiger partial charge in [0.25, 0.3) is 0 Å². The molecule has 1 aliphatic rings. The van der Waals surface area contributed by atoms with Crippen LogP contribution >= 0.6 is 11.6 Å². The van der Waals surface area contributed by atoms with E-state index in [1.54, 1.807) is 0 Å². The molecular weight excluding hydrogens is 381 g/mol. The maximum absolute atomic E-state index is 13.1. The first-order valence-corrected chi connectivity index (χ1v) is 9.83.